The van der Waals surface area contributed by atoms with Gasteiger partial charge in [-0.15, -0.1) is 0 Å². The summed E-state index contributed by atoms with van der Waals surface area (Å²) in [5.41, 5.74) is 10.4. The van der Waals surface area contributed by atoms with Crippen LogP contribution in [0.5, 0.6) is 0 Å². The van der Waals surface area contributed by atoms with Crippen LogP contribution in [0, 0.1) is 0 Å². The van der Waals surface area contributed by atoms with E-state index in [0.717, 1.165) is 13.0 Å². The van der Waals surface area contributed by atoms with Crippen LogP contribution in [-0.4, -0.2) is 11.1 Å². The van der Waals surface area contributed by atoms with Crippen LogP contribution in [0.1, 0.15) is 31.0 Å². The van der Waals surface area contributed by atoms with Crippen LogP contribution in [-0.2, 0) is 18.9 Å². The van der Waals surface area contributed by atoms with Crippen LogP contribution in [0.3, 0.4) is 0 Å². The summed E-state index contributed by atoms with van der Waals surface area (Å²) in [5, 5.41) is 1.36. The molecule has 2 heteroatoms. The Morgan fingerprint density at radius 3 is 2.65 bits per heavy atom. The van der Waals surface area contributed by atoms with Gasteiger partial charge in [0.2, 0.25) is 0 Å². The standard InChI is InChI=1S/C15H20N2/c1-3-11-4-5-13-12(8-11)9-14(17(13)2)15(10-16)6-7-15/h4-5,8-9H,3,6-7,10,16H2,1-2H3. The summed E-state index contributed by atoms with van der Waals surface area (Å²) in [6, 6.07) is 9.12. The summed E-state index contributed by atoms with van der Waals surface area (Å²) in [6.45, 7) is 2.98. The number of nitrogens with two attached hydrogens (primary N) is 1. The van der Waals surface area contributed by atoms with E-state index in [1.54, 1.807) is 0 Å². The molecule has 1 heterocycles. The number of aromatic nitrogens is 1. The lowest BCUT2D eigenvalue weighted by atomic mass is 10.0. The Labute approximate surface area is 102 Å². The molecule has 0 bridgehead atoms. The maximum atomic E-state index is 5.93. The second-order valence-corrected chi connectivity index (χ2v) is 5.32. The first-order chi connectivity index (χ1) is 8.20. The fourth-order valence-electron chi connectivity index (χ4n) is 2.84. The molecule has 0 spiro atoms. The Hall–Kier alpha value is -1.28. The zero-order valence-corrected chi connectivity index (χ0v) is 10.7. The third kappa shape index (κ3) is 1.51. The predicted molar refractivity (Wildman–Crippen MR) is 72.3 cm³/mol. The first-order valence-electron chi connectivity index (χ1n) is 6.49. The zero-order valence-electron chi connectivity index (χ0n) is 10.7. The number of aryl methyl sites for hydroxylation is 2. The van der Waals surface area contributed by atoms with Gasteiger partial charge in [0, 0.05) is 35.6 Å². The van der Waals surface area contributed by atoms with Crippen molar-refractivity contribution in [3.8, 4) is 0 Å². The van der Waals surface area contributed by atoms with Gasteiger partial charge in [0.25, 0.3) is 0 Å². The normalized spacial score (nSPS) is 17.6. The van der Waals surface area contributed by atoms with Gasteiger partial charge in [0.05, 0.1) is 0 Å². The Balaban J connectivity index is 2.18. The maximum Gasteiger partial charge on any atom is 0.0480 e. The van der Waals surface area contributed by atoms with Crippen LogP contribution in [0.15, 0.2) is 24.3 Å². The molecule has 0 radical (unpaired) electrons. The van der Waals surface area contributed by atoms with Gasteiger partial charge in [0.15, 0.2) is 0 Å². The molecule has 1 aromatic carbocycles. The van der Waals surface area contributed by atoms with Crippen molar-refractivity contribution in [2.75, 3.05) is 6.54 Å². The van der Waals surface area contributed by atoms with Gasteiger partial charge in [-0.3, -0.25) is 0 Å². The van der Waals surface area contributed by atoms with Gasteiger partial charge in [-0.1, -0.05) is 13.0 Å². The van der Waals surface area contributed by atoms with E-state index in [4.69, 9.17) is 5.73 Å². The van der Waals surface area contributed by atoms with E-state index in [9.17, 15) is 0 Å². The van der Waals surface area contributed by atoms with Gasteiger partial charge in [-0.05, 0) is 43.0 Å². The maximum absolute atomic E-state index is 5.93. The minimum Gasteiger partial charge on any atom is -0.347 e. The molecule has 90 valence electrons. The molecule has 17 heavy (non-hydrogen) atoms. The molecule has 0 atom stereocenters. The van der Waals surface area contributed by atoms with Crippen molar-refractivity contribution in [2.45, 2.75) is 31.6 Å². The summed E-state index contributed by atoms with van der Waals surface area (Å²) in [6.07, 6.45) is 3.59. The van der Waals surface area contributed by atoms with E-state index in [1.807, 2.05) is 0 Å². The lowest BCUT2D eigenvalue weighted by Gasteiger charge is -2.13. The van der Waals surface area contributed by atoms with Crippen LogP contribution < -0.4 is 5.73 Å². The Kier molecular flexibility index (Phi) is 2.30. The second-order valence-electron chi connectivity index (χ2n) is 5.32. The molecule has 1 aliphatic carbocycles. The number of nitrogens with zero attached hydrogens (tertiary/aromatic N) is 1. The van der Waals surface area contributed by atoms with E-state index in [0.29, 0.717) is 0 Å². The first-order valence-corrected chi connectivity index (χ1v) is 6.49. The van der Waals surface area contributed by atoms with Crippen molar-refractivity contribution in [3.05, 3.63) is 35.5 Å². The summed E-state index contributed by atoms with van der Waals surface area (Å²) < 4.78 is 2.33. The molecule has 1 aromatic heterocycles. The molecule has 0 unspecified atom stereocenters. The molecular weight excluding hydrogens is 208 g/mol. The largest absolute Gasteiger partial charge is 0.347 e. The average Bonchev–Trinajstić information content (AvgIpc) is 3.09. The minimum absolute atomic E-state index is 0.278. The summed E-state index contributed by atoms with van der Waals surface area (Å²) in [4.78, 5) is 0. The van der Waals surface area contributed by atoms with Gasteiger partial charge in [-0.25, -0.2) is 0 Å². The van der Waals surface area contributed by atoms with E-state index < -0.39 is 0 Å². The number of fused-ring (bicyclic) bond motifs is 1. The smallest absolute Gasteiger partial charge is 0.0480 e. The molecule has 1 fully saturated rings. The average molecular weight is 228 g/mol. The van der Waals surface area contributed by atoms with Crippen LogP contribution in [0.4, 0.5) is 0 Å². The third-order valence-electron chi connectivity index (χ3n) is 4.30. The minimum atomic E-state index is 0.278. The highest BCUT2D eigenvalue weighted by Gasteiger charge is 2.45. The van der Waals surface area contributed by atoms with Crippen molar-refractivity contribution in [1.82, 2.24) is 4.57 Å². The van der Waals surface area contributed by atoms with Gasteiger partial charge >= 0.3 is 0 Å². The highest BCUT2D eigenvalue weighted by molar-refractivity contribution is 5.82. The highest BCUT2D eigenvalue weighted by atomic mass is 15.0. The molecule has 0 saturated heterocycles. The monoisotopic (exact) mass is 228 g/mol. The summed E-state index contributed by atoms with van der Waals surface area (Å²) >= 11 is 0. The van der Waals surface area contributed by atoms with Crippen LogP contribution in [0.25, 0.3) is 10.9 Å². The van der Waals surface area contributed by atoms with Crippen molar-refractivity contribution in [2.24, 2.45) is 12.8 Å². The van der Waals surface area contributed by atoms with Crippen molar-refractivity contribution in [1.29, 1.82) is 0 Å². The lowest BCUT2D eigenvalue weighted by Crippen LogP contribution is -2.22. The fourth-order valence-corrected chi connectivity index (χ4v) is 2.84. The van der Waals surface area contributed by atoms with Crippen molar-refractivity contribution in [3.63, 3.8) is 0 Å². The van der Waals surface area contributed by atoms with Gasteiger partial charge < -0.3 is 10.3 Å². The molecule has 0 aliphatic heterocycles. The van der Waals surface area contributed by atoms with Crippen molar-refractivity contribution >= 4 is 10.9 Å². The van der Waals surface area contributed by atoms with E-state index in [-0.39, 0.29) is 5.41 Å². The molecule has 2 N–H and O–H groups in total. The molecule has 2 aromatic rings. The van der Waals surface area contributed by atoms with E-state index in [1.165, 1.54) is 35.0 Å². The molecule has 3 rings (SSSR count). The molecular formula is C15H20N2. The quantitative estimate of drug-likeness (QED) is 0.860. The molecule has 0 amide bonds. The first kappa shape index (κ1) is 10.8. The number of benzene rings is 1. The highest BCUT2D eigenvalue weighted by Crippen LogP contribution is 2.48. The summed E-state index contributed by atoms with van der Waals surface area (Å²) in [7, 11) is 2.17. The van der Waals surface area contributed by atoms with E-state index >= 15 is 0 Å². The number of hydrogen-bond donors (Lipinski definition) is 1. The molecule has 1 saturated carbocycles. The second kappa shape index (κ2) is 3.61. The Bertz CT molecular complexity index is 562. The van der Waals surface area contributed by atoms with Gasteiger partial charge in [-0.2, -0.15) is 0 Å². The van der Waals surface area contributed by atoms with Gasteiger partial charge in [0.1, 0.15) is 0 Å². The number of rotatable bonds is 3. The van der Waals surface area contributed by atoms with Crippen LogP contribution in [0.2, 0.25) is 0 Å². The zero-order chi connectivity index (χ0) is 12.0. The Morgan fingerprint density at radius 2 is 2.06 bits per heavy atom. The SMILES string of the molecule is CCc1ccc2c(c1)cc(C1(CN)CC1)n2C. The fraction of sp³-hybridized carbons (Fsp3) is 0.467. The Morgan fingerprint density at radius 1 is 1.29 bits per heavy atom. The van der Waals surface area contributed by atoms with E-state index in [2.05, 4.69) is 42.8 Å². The number of hydrogen-bond acceptors (Lipinski definition) is 1. The third-order valence-corrected chi connectivity index (χ3v) is 4.30. The van der Waals surface area contributed by atoms with Crippen molar-refractivity contribution < 1.29 is 0 Å². The molecule has 1 aliphatic rings. The lowest BCUT2D eigenvalue weighted by molar-refractivity contribution is 0.645. The molecule has 2 nitrogen and oxygen atoms in total. The predicted octanol–water partition coefficient (Wildman–Crippen LogP) is 2.73. The van der Waals surface area contributed by atoms with Crippen LogP contribution >= 0.6 is 0 Å². The summed E-state index contributed by atoms with van der Waals surface area (Å²) in [5.74, 6) is 0. The topological polar surface area (TPSA) is 30.9 Å².